The predicted octanol–water partition coefficient (Wildman–Crippen LogP) is 3.33. The first-order valence-corrected chi connectivity index (χ1v) is 7.27. The van der Waals surface area contributed by atoms with Crippen molar-refractivity contribution >= 4 is 11.6 Å². The van der Waals surface area contributed by atoms with Crippen molar-refractivity contribution in [3.63, 3.8) is 0 Å². The third-order valence-corrected chi connectivity index (χ3v) is 3.41. The second kappa shape index (κ2) is 7.60. The molecule has 3 nitrogen and oxygen atoms in total. The maximum absolute atomic E-state index is 11.9. The molecule has 2 aromatic rings. The molecule has 1 amide bonds. The van der Waals surface area contributed by atoms with Crippen LogP contribution in [0.1, 0.15) is 24.0 Å². The molecule has 0 saturated carbocycles. The summed E-state index contributed by atoms with van der Waals surface area (Å²) in [5.74, 6) is 0.374. The fraction of sp³-hybridized carbons (Fsp3) is 0.278. The first kappa shape index (κ1) is 15.3. The number of carbonyl (C=O) groups excluding carboxylic acids is 1. The number of amides is 1. The zero-order chi connectivity index (χ0) is 15.1. The van der Waals surface area contributed by atoms with Crippen molar-refractivity contribution in [1.29, 1.82) is 0 Å². The Hall–Kier alpha value is -2.13. The zero-order valence-corrected chi connectivity index (χ0v) is 12.6. The molecule has 0 heterocycles. The van der Waals surface area contributed by atoms with Crippen LogP contribution in [0.5, 0.6) is 0 Å². The van der Waals surface area contributed by atoms with Crippen LogP contribution in [-0.4, -0.2) is 19.0 Å². The molecule has 1 atom stereocenters. The van der Waals surface area contributed by atoms with E-state index in [0.29, 0.717) is 12.5 Å². The van der Waals surface area contributed by atoms with E-state index in [1.54, 1.807) is 0 Å². The van der Waals surface area contributed by atoms with E-state index >= 15 is 0 Å². The highest BCUT2D eigenvalue weighted by Crippen LogP contribution is 2.13. The molecular weight excluding hydrogens is 260 g/mol. The Morgan fingerprint density at radius 3 is 2.57 bits per heavy atom. The van der Waals surface area contributed by atoms with Gasteiger partial charge in [0.05, 0.1) is 6.54 Å². The van der Waals surface area contributed by atoms with Crippen LogP contribution in [0.3, 0.4) is 0 Å². The van der Waals surface area contributed by atoms with Crippen LogP contribution in [0, 0.1) is 6.92 Å². The molecule has 110 valence electrons. The van der Waals surface area contributed by atoms with Gasteiger partial charge in [-0.15, -0.1) is 0 Å². The highest BCUT2D eigenvalue weighted by molar-refractivity contribution is 5.92. The molecule has 0 bridgehead atoms. The van der Waals surface area contributed by atoms with Gasteiger partial charge in [-0.2, -0.15) is 0 Å². The summed E-state index contributed by atoms with van der Waals surface area (Å²) < 4.78 is 0. The van der Waals surface area contributed by atoms with Crippen molar-refractivity contribution in [3.05, 3.63) is 65.7 Å². The normalized spacial score (nSPS) is 11.9. The summed E-state index contributed by atoms with van der Waals surface area (Å²) in [7, 11) is 0. The Labute approximate surface area is 126 Å². The maximum Gasteiger partial charge on any atom is 0.238 e. The van der Waals surface area contributed by atoms with E-state index in [-0.39, 0.29) is 5.91 Å². The number of benzene rings is 2. The minimum absolute atomic E-state index is 0.0131. The van der Waals surface area contributed by atoms with Gasteiger partial charge < -0.3 is 10.6 Å². The smallest absolute Gasteiger partial charge is 0.238 e. The monoisotopic (exact) mass is 282 g/mol. The number of rotatable bonds is 6. The first-order valence-electron chi connectivity index (χ1n) is 7.27. The molecule has 0 aliphatic heterocycles. The average molecular weight is 282 g/mol. The molecule has 0 aliphatic rings. The van der Waals surface area contributed by atoms with E-state index in [0.717, 1.165) is 17.8 Å². The van der Waals surface area contributed by atoms with Crippen LogP contribution in [0.25, 0.3) is 0 Å². The van der Waals surface area contributed by atoms with Gasteiger partial charge in [-0.25, -0.2) is 0 Å². The van der Waals surface area contributed by atoms with E-state index in [1.165, 1.54) is 5.56 Å². The van der Waals surface area contributed by atoms with Gasteiger partial charge in [0.2, 0.25) is 5.91 Å². The van der Waals surface area contributed by atoms with E-state index < -0.39 is 0 Å². The Bertz CT molecular complexity index is 581. The van der Waals surface area contributed by atoms with Gasteiger partial charge in [0.15, 0.2) is 0 Å². The van der Waals surface area contributed by atoms with E-state index in [4.69, 9.17) is 0 Å². The van der Waals surface area contributed by atoms with Crippen molar-refractivity contribution < 1.29 is 4.79 Å². The van der Waals surface area contributed by atoms with E-state index in [9.17, 15) is 4.79 Å². The lowest BCUT2D eigenvalue weighted by Gasteiger charge is -2.13. The Kier molecular flexibility index (Phi) is 5.52. The fourth-order valence-electron chi connectivity index (χ4n) is 2.23. The fourth-order valence-corrected chi connectivity index (χ4v) is 2.23. The van der Waals surface area contributed by atoms with Crippen LogP contribution < -0.4 is 10.6 Å². The second-order valence-electron chi connectivity index (χ2n) is 5.36. The lowest BCUT2D eigenvalue weighted by molar-refractivity contribution is -0.115. The van der Waals surface area contributed by atoms with Gasteiger partial charge in [0.25, 0.3) is 0 Å². The van der Waals surface area contributed by atoms with Crippen LogP contribution in [0.15, 0.2) is 54.6 Å². The summed E-state index contributed by atoms with van der Waals surface area (Å²) in [6.45, 7) is 5.27. The summed E-state index contributed by atoms with van der Waals surface area (Å²) in [5, 5.41) is 6.10. The van der Waals surface area contributed by atoms with Crippen LogP contribution in [-0.2, 0) is 4.79 Å². The number of hydrogen-bond donors (Lipinski definition) is 2. The van der Waals surface area contributed by atoms with Crippen molar-refractivity contribution in [3.8, 4) is 0 Å². The maximum atomic E-state index is 11.9. The van der Waals surface area contributed by atoms with Gasteiger partial charge >= 0.3 is 0 Å². The molecule has 0 spiro atoms. The minimum atomic E-state index is -0.0131. The third kappa shape index (κ3) is 5.04. The number of carbonyl (C=O) groups is 1. The van der Waals surface area contributed by atoms with Crippen molar-refractivity contribution in [2.24, 2.45) is 0 Å². The Morgan fingerprint density at radius 2 is 1.86 bits per heavy atom. The standard InChI is InChI=1S/C18H22N2O/c1-14-7-6-10-17(11-14)20-18(21)13-19-12-15(2)16-8-4-3-5-9-16/h3-11,15,19H,12-13H2,1-2H3,(H,20,21). The molecule has 21 heavy (non-hydrogen) atoms. The SMILES string of the molecule is Cc1cccc(NC(=O)CNCC(C)c2ccccc2)c1. The molecule has 2 rings (SSSR count). The summed E-state index contributed by atoms with van der Waals surface area (Å²) >= 11 is 0. The number of nitrogens with one attached hydrogen (secondary N) is 2. The van der Waals surface area contributed by atoms with E-state index in [2.05, 4.69) is 29.7 Å². The quantitative estimate of drug-likeness (QED) is 0.853. The van der Waals surface area contributed by atoms with Crippen LogP contribution >= 0.6 is 0 Å². The van der Waals surface area contributed by atoms with Crippen LogP contribution in [0.2, 0.25) is 0 Å². The van der Waals surface area contributed by atoms with Gasteiger partial charge in [0, 0.05) is 12.2 Å². The molecule has 0 aromatic heterocycles. The molecule has 1 unspecified atom stereocenters. The summed E-state index contributed by atoms with van der Waals surface area (Å²) in [6, 6.07) is 18.1. The molecule has 2 N–H and O–H groups in total. The third-order valence-electron chi connectivity index (χ3n) is 3.41. The topological polar surface area (TPSA) is 41.1 Å². The van der Waals surface area contributed by atoms with E-state index in [1.807, 2.05) is 49.4 Å². The molecule has 0 aliphatic carbocycles. The zero-order valence-electron chi connectivity index (χ0n) is 12.6. The highest BCUT2D eigenvalue weighted by atomic mass is 16.1. The van der Waals surface area contributed by atoms with Gasteiger partial charge in [-0.05, 0) is 36.1 Å². The molecule has 0 fully saturated rings. The first-order chi connectivity index (χ1) is 10.1. The Balaban J connectivity index is 1.74. The van der Waals surface area contributed by atoms with Gasteiger partial charge in [-0.3, -0.25) is 4.79 Å². The minimum Gasteiger partial charge on any atom is -0.325 e. The summed E-state index contributed by atoms with van der Waals surface area (Å²) in [6.07, 6.45) is 0. The number of hydrogen-bond acceptors (Lipinski definition) is 2. The molecular formula is C18H22N2O. The predicted molar refractivity (Wildman–Crippen MR) is 87.5 cm³/mol. The van der Waals surface area contributed by atoms with Crippen LogP contribution in [0.4, 0.5) is 5.69 Å². The second-order valence-corrected chi connectivity index (χ2v) is 5.36. The van der Waals surface area contributed by atoms with Crippen molar-refractivity contribution in [2.75, 3.05) is 18.4 Å². The number of anilines is 1. The summed E-state index contributed by atoms with van der Waals surface area (Å²) in [4.78, 5) is 11.9. The molecule has 2 aromatic carbocycles. The van der Waals surface area contributed by atoms with Gasteiger partial charge in [-0.1, -0.05) is 49.4 Å². The molecule has 0 saturated heterocycles. The molecule has 3 heteroatoms. The number of aryl methyl sites for hydroxylation is 1. The van der Waals surface area contributed by atoms with Crippen molar-refractivity contribution in [2.45, 2.75) is 19.8 Å². The largest absolute Gasteiger partial charge is 0.325 e. The molecule has 0 radical (unpaired) electrons. The highest BCUT2D eigenvalue weighted by Gasteiger charge is 2.06. The lowest BCUT2D eigenvalue weighted by Crippen LogP contribution is -2.30. The lowest BCUT2D eigenvalue weighted by atomic mass is 10.0. The summed E-state index contributed by atoms with van der Waals surface area (Å²) in [5.41, 5.74) is 3.26. The Morgan fingerprint density at radius 1 is 1.10 bits per heavy atom. The van der Waals surface area contributed by atoms with Gasteiger partial charge in [0.1, 0.15) is 0 Å². The average Bonchev–Trinajstić information content (AvgIpc) is 2.48. The van der Waals surface area contributed by atoms with Crippen molar-refractivity contribution in [1.82, 2.24) is 5.32 Å².